The molecule has 0 bridgehead atoms. The van der Waals surface area contributed by atoms with Crippen LogP contribution in [-0.2, 0) is 21.7 Å². The molecule has 0 radical (unpaired) electrons. The molecule has 0 unspecified atom stereocenters. The molecule has 0 aromatic rings. The quantitative estimate of drug-likeness (QED) is 0.0159. The van der Waals surface area contributed by atoms with Gasteiger partial charge in [0.05, 0.1) is 0 Å². The van der Waals surface area contributed by atoms with Crippen molar-refractivity contribution < 1.29 is 71.5 Å². The fraction of sp³-hybridized carbons (Fsp3) is 1.00. The third kappa shape index (κ3) is 121. The molecule has 97 heavy (non-hydrogen) atoms. The van der Waals surface area contributed by atoms with Gasteiger partial charge in [-0.1, -0.05) is 184 Å². The third-order valence-electron chi connectivity index (χ3n) is 18.9. The van der Waals surface area contributed by atoms with Crippen molar-refractivity contribution in [2.75, 3.05) is 51.1 Å². The van der Waals surface area contributed by atoms with E-state index >= 15 is 0 Å². The Morgan fingerprint density at radius 1 is 0.134 bits per heavy atom. The summed E-state index contributed by atoms with van der Waals surface area (Å²) >= 11 is 0. The van der Waals surface area contributed by atoms with Gasteiger partial charge >= 0.3 is 351 Å². The van der Waals surface area contributed by atoms with E-state index in [0.717, 1.165) is 103 Å². The van der Waals surface area contributed by atoms with Gasteiger partial charge in [-0.3, -0.25) is 0 Å². The van der Waals surface area contributed by atoms with E-state index in [0.29, 0.717) is 26.4 Å². The molecule has 0 rings (SSSR count). The minimum absolute atomic E-state index is 0. The molecule has 0 atom stereocenters. The molecule has 0 aliphatic rings. The smallest absolute Gasteiger partial charge is 0.396 e. The Bertz CT molecular complexity index is 1100. The Hall–Kier alpha value is 1.17. The molecule has 10 N–H and O–H groups in total. The number of hydrogen-bond donors (Lipinski definition) is 10. The van der Waals surface area contributed by atoms with Crippen LogP contribution in [0, 0.1) is 0 Å². The number of aliphatic hydroxyl groups is 4. The second-order valence-corrected chi connectivity index (χ2v) is 36.8. The molecule has 0 amide bonds. The fourth-order valence-electron chi connectivity index (χ4n) is 12.2. The van der Waals surface area contributed by atoms with Crippen molar-refractivity contribution in [3.8, 4) is 0 Å². The minimum Gasteiger partial charge on any atom is -0.396 e. The summed E-state index contributed by atoms with van der Waals surface area (Å²) in [5, 5.41) is 33.7. The van der Waals surface area contributed by atoms with Crippen LogP contribution in [0.5, 0.6) is 0 Å². The first-order chi connectivity index (χ1) is 46.4. The average Bonchev–Trinajstić information content (AvgIpc) is 0.857. The summed E-state index contributed by atoms with van der Waals surface area (Å²) in [6.07, 6.45) is 85.1. The molecule has 596 valence electrons. The van der Waals surface area contributed by atoms with Crippen LogP contribution in [0.2, 0.25) is 0 Å². The zero-order valence-electron chi connectivity index (χ0n) is 67.6. The molecule has 0 heterocycles. The Morgan fingerprint density at radius 2 is 0.216 bits per heavy atom. The van der Waals surface area contributed by atoms with Crippen LogP contribution in [0.1, 0.15) is 492 Å². The molecule has 0 aliphatic carbocycles. The molecule has 0 saturated heterocycles. The Balaban J connectivity index is -0.000000221. The van der Waals surface area contributed by atoms with E-state index in [1.165, 1.54) is 334 Å². The summed E-state index contributed by atoms with van der Waals surface area (Å²) in [6, 6.07) is 0. The van der Waals surface area contributed by atoms with Crippen molar-refractivity contribution in [2.45, 2.75) is 492 Å². The Kier molecular flexibility index (Phi) is 109. The van der Waals surface area contributed by atoms with Gasteiger partial charge in [0.15, 0.2) is 0 Å². The maximum atomic E-state index is 10.3. The first-order valence-electron chi connectivity index (χ1n) is 43.4. The normalized spacial score (nSPS) is 12.0. The van der Waals surface area contributed by atoms with Gasteiger partial charge in [0.2, 0.25) is 0 Å². The van der Waals surface area contributed by atoms with Gasteiger partial charge in [-0.25, -0.2) is 0 Å². The van der Waals surface area contributed by atoms with Crippen molar-refractivity contribution in [3.63, 3.8) is 0 Å². The Labute approximate surface area is 625 Å². The van der Waals surface area contributed by atoms with Crippen molar-refractivity contribution in [2.24, 2.45) is 0 Å². The van der Waals surface area contributed by atoms with Crippen LogP contribution < -0.4 is 0 Å². The molecular weight excluding hydrogens is 1280 g/mol. The van der Waals surface area contributed by atoms with E-state index in [-0.39, 0.29) is 46.4 Å². The van der Waals surface area contributed by atoms with Gasteiger partial charge in [0.25, 0.3) is 0 Å². The molecule has 0 spiro atoms. The summed E-state index contributed by atoms with van der Waals surface area (Å²) in [7, 11) is -8.73. The van der Waals surface area contributed by atoms with Crippen molar-refractivity contribution >= 4 is 14.6 Å². The van der Waals surface area contributed by atoms with Crippen LogP contribution in [-0.4, -0.2) is 101 Å². The van der Waals surface area contributed by atoms with Crippen LogP contribution in [0.4, 0.5) is 0 Å². The number of aliphatic hydroxyl groups excluding tert-OH is 4. The molecule has 10 nitrogen and oxygen atoms in total. The first-order valence-corrected chi connectivity index (χ1v) is 48.3. The zero-order valence-corrected chi connectivity index (χ0v) is 71.0. The van der Waals surface area contributed by atoms with E-state index in [1.54, 1.807) is 0 Å². The number of hydrogen-bond acceptors (Lipinski definition) is 10. The monoisotopic (exact) mass is 1470 g/mol. The van der Waals surface area contributed by atoms with Crippen LogP contribution in [0.3, 0.4) is 0 Å². The second kappa shape index (κ2) is 95.2. The number of unbranched alkanes of at least 4 members (excludes halogenated alkanes) is 60. The minimum atomic E-state index is -4.36. The molecule has 0 aliphatic heterocycles. The van der Waals surface area contributed by atoms with Gasteiger partial charge in [0, 0.05) is 48.1 Å². The Morgan fingerprint density at radius 3 is 0.309 bits per heavy atom. The predicted molar refractivity (Wildman–Crippen MR) is 434 cm³/mol. The second-order valence-electron chi connectivity index (χ2n) is 29.7. The topological polar surface area (TPSA) is 202 Å². The van der Waals surface area contributed by atoms with E-state index in [2.05, 4.69) is 55.4 Å². The third-order valence-corrected chi connectivity index (χ3v) is 23.9. The first kappa shape index (κ1) is 112. The van der Waals surface area contributed by atoms with Gasteiger partial charge in [-0.05, 0) is 25.7 Å². The number of rotatable bonds is 72. The van der Waals surface area contributed by atoms with E-state index in [1.807, 2.05) is 0 Å². The molecule has 0 aromatic heterocycles. The summed E-state index contributed by atoms with van der Waals surface area (Å²) in [6.45, 7) is 19.3. The molecule has 0 fully saturated rings. The fourth-order valence-corrected chi connectivity index (χ4v) is 16.1. The molecule has 13 heteroatoms. The van der Waals surface area contributed by atoms with Crippen LogP contribution >= 0.6 is 14.6 Å². The van der Waals surface area contributed by atoms with Crippen LogP contribution in [0.25, 0.3) is 0 Å². The maximum absolute atomic E-state index is 10.3. The van der Waals surface area contributed by atoms with Crippen molar-refractivity contribution in [1.29, 1.82) is 0 Å². The van der Waals surface area contributed by atoms with Crippen molar-refractivity contribution in [3.05, 3.63) is 0 Å². The molecular formula is C84H186O10P2Ti. The van der Waals surface area contributed by atoms with Gasteiger partial charge in [0.1, 0.15) is 0 Å². The van der Waals surface area contributed by atoms with Crippen molar-refractivity contribution in [1.82, 2.24) is 0 Å². The van der Waals surface area contributed by atoms with Gasteiger partial charge in [-0.15, -0.1) is 0 Å². The van der Waals surface area contributed by atoms with E-state index in [9.17, 15) is 29.4 Å². The summed E-state index contributed by atoms with van der Waals surface area (Å²) in [4.78, 5) is 61.9. The molecule has 0 aromatic carbocycles. The standard InChI is InChI=1S/2C26H57O3P.4C8H18O.Ti/c2*1-3-5-7-9-11-13-15-17-19-21-23-25-30(27,28,29)26-24-22-20-18-16-14-12-10-8-6-4-2;4*1-2-3-4-5-6-7-8-9;/h2*27-29H,3-26H2,1-2H3;4*9H,2-8H2,1H3;. The van der Waals surface area contributed by atoms with Gasteiger partial charge in [-0.2, -0.15) is 0 Å². The van der Waals surface area contributed by atoms with E-state index in [4.69, 9.17) is 20.4 Å². The predicted octanol–water partition coefficient (Wildman–Crippen LogP) is 27.1. The summed E-state index contributed by atoms with van der Waals surface area (Å²) in [5.41, 5.74) is 0. The van der Waals surface area contributed by atoms with Gasteiger partial charge < -0.3 is 20.4 Å². The summed E-state index contributed by atoms with van der Waals surface area (Å²) < 4.78 is 0. The van der Waals surface area contributed by atoms with Crippen LogP contribution in [0.15, 0.2) is 0 Å². The zero-order chi connectivity index (χ0) is 72.6. The average molecular weight is 1470 g/mol. The SMILES string of the molecule is CCCCCCCCCCCCCP(O)(O)(O)CCCCCCCCCCCCC.CCCCCCCCCCCCCP(O)(O)(O)CCCCCCCCCCCCC.CCCCCCCCO.CCCCCCCCO.CCCCCCCCO.CCCCCCCCO.[Ti]. The summed E-state index contributed by atoms with van der Waals surface area (Å²) in [5.74, 6) is 0. The molecule has 0 saturated carbocycles. The van der Waals surface area contributed by atoms with E-state index < -0.39 is 14.6 Å².